The molecule has 110 valence electrons. The van der Waals surface area contributed by atoms with Crippen molar-refractivity contribution in [3.63, 3.8) is 0 Å². The summed E-state index contributed by atoms with van der Waals surface area (Å²) in [5.41, 5.74) is 2.65. The summed E-state index contributed by atoms with van der Waals surface area (Å²) in [5, 5.41) is 9.82. The summed E-state index contributed by atoms with van der Waals surface area (Å²) in [5.74, 6) is -0.204. The second-order valence-electron chi connectivity index (χ2n) is 4.99. The highest BCUT2D eigenvalue weighted by molar-refractivity contribution is 9.10. The molecule has 3 nitrogen and oxygen atoms in total. The van der Waals surface area contributed by atoms with Gasteiger partial charge in [0.05, 0.1) is 5.56 Å². The van der Waals surface area contributed by atoms with Crippen molar-refractivity contribution >= 4 is 21.8 Å². The molecule has 0 saturated heterocycles. The van der Waals surface area contributed by atoms with E-state index in [2.05, 4.69) is 35.0 Å². The van der Waals surface area contributed by atoms with Crippen LogP contribution in [0, 0.1) is 0 Å². The van der Waals surface area contributed by atoms with Crippen molar-refractivity contribution in [1.82, 2.24) is 4.90 Å². The lowest BCUT2D eigenvalue weighted by atomic mass is 10.1. The van der Waals surface area contributed by atoms with E-state index >= 15 is 0 Å². The average molecular weight is 348 g/mol. The minimum atomic E-state index is -0.201. The minimum Gasteiger partial charge on any atom is -0.507 e. The molecule has 0 saturated carbocycles. The number of rotatable bonds is 4. The van der Waals surface area contributed by atoms with Gasteiger partial charge in [0.1, 0.15) is 5.75 Å². The number of aromatic hydroxyl groups is 1. The monoisotopic (exact) mass is 347 g/mol. The molecule has 0 heterocycles. The third-order valence-corrected chi connectivity index (χ3v) is 3.88. The molecular weight excluding hydrogens is 330 g/mol. The predicted octanol–water partition coefficient (Wildman–Crippen LogP) is 3.99. The summed E-state index contributed by atoms with van der Waals surface area (Å²) in [7, 11) is 1.73. The smallest absolute Gasteiger partial charge is 0.257 e. The minimum absolute atomic E-state index is 0.00335. The maximum absolute atomic E-state index is 12.4. The number of hydrogen-bond acceptors (Lipinski definition) is 2. The summed E-state index contributed by atoms with van der Waals surface area (Å²) >= 11 is 3.31. The third-order valence-electron chi connectivity index (χ3n) is 3.39. The quantitative estimate of drug-likeness (QED) is 0.908. The zero-order valence-electron chi connectivity index (χ0n) is 12.1. The highest BCUT2D eigenvalue weighted by Gasteiger charge is 2.16. The average Bonchev–Trinajstić information content (AvgIpc) is 2.49. The van der Waals surface area contributed by atoms with Crippen LogP contribution in [0.5, 0.6) is 5.75 Å². The van der Waals surface area contributed by atoms with Gasteiger partial charge in [-0.15, -0.1) is 0 Å². The van der Waals surface area contributed by atoms with Crippen LogP contribution in [-0.4, -0.2) is 23.0 Å². The lowest BCUT2D eigenvalue weighted by Gasteiger charge is -2.18. The van der Waals surface area contributed by atoms with Crippen LogP contribution in [0.15, 0.2) is 46.9 Å². The number of phenolic OH excluding ortho intramolecular Hbond substituents is 1. The number of amides is 1. The third kappa shape index (κ3) is 3.85. The van der Waals surface area contributed by atoms with Crippen LogP contribution < -0.4 is 0 Å². The first-order valence-electron chi connectivity index (χ1n) is 6.83. The fourth-order valence-electron chi connectivity index (χ4n) is 2.11. The molecule has 0 aliphatic carbocycles. The largest absolute Gasteiger partial charge is 0.507 e. The number of benzene rings is 2. The van der Waals surface area contributed by atoms with E-state index in [1.165, 1.54) is 11.6 Å². The van der Waals surface area contributed by atoms with E-state index in [1.54, 1.807) is 24.1 Å². The predicted molar refractivity (Wildman–Crippen MR) is 87.4 cm³/mol. The molecule has 2 rings (SSSR count). The fourth-order valence-corrected chi connectivity index (χ4v) is 2.47. The first-order chi connectivity index (χ1) is 10.0. The van der Waals surface area contributed by atoms with E-state index in [0.29, 0.717) is 12.1 Å². The Morgan fingerprint density at radius 1 is 1.14 bits per heavy atom. The van der Waals surface area contributed by atoms with Crippen LogP contribution in [0.1, 0.15) is 28.4 Å². The molecule has 2 aromatic carbocycles. The summed E-state index contributed by atoms with van der Waals surface area (Å²) in [6.45, 7) is 2.62. The number of carbonyl (C=O) groups excluding carboxylic acids is 1. The Balaban J connectivity index is 2.13. The standard InChI is InChI=1S/C17H18BrNO2/c1-3-12-4-6-13(7-5-12)11-19(2)17(21)15-10-14(18)8-9-16(15)20/h4-10,20H,3,11H2,1-2H3. The van der Waals surface area contributed by atoms with Crippen molar-refractivity contribution in [2.75, 3.05) is 7.05 Å². The molecule has 0 aliphatic rings. The lowest BCUT2D eigenvalue weighted by molar-refractivity contribution is 0.0782. The van der Waals surface area contributed by atoms with E-state index in [-0.39, 0.29) is 11.7 Å². The molecule has 2 aromatic rings. The number of nitrogens with zero attached hydrogens (tertiary/aromatic N) is 1. The molecular formula is C17H18BrNO2. The van der Waals surface area contributed by atoms with Crippen molar-refractivity contribution in [3.05, 3.63) is 63.6 Å². The number of halogens is 1. The van der Waals surface area contributed by atoms with Gasteiger partial charge in [-0.05, 0) is 35.7 Å². The van der Waals surface area contributed by atoms with Gasteiger partial charge < -0.3 is 10.0 Å². The molecule has 4 heteroatoms. The van der Waals surface area contributed by atoms with Crippen LogP contribution in [0.2, 0.25) is 0 Å². The Morgan fingerprint density at radius 3 is 2.38 bits per heavy atom. The van der Waals surface area contributed by atoms with E-state index in [1.807, 2.05) is 12.1 Å². The second-order valence-corrected chi connectivity index (χ2v) is 5.91. The molecule has 0 bridgehead atoms. The van der Waals surface area contributed by atoms with Crippen molar-refractivity contribution < 1.29 is 9.90 Å². The van der Waals surface area contributed by atoms with E-state index < -0.39 is 0 Å². The van der Waals surface area contributed by atoms with Gasteiger partial charge in [0.25, 0.3) is 5.91 Å². The van der Waals surface area contributed by atoms with Gasteiger partial charge in [-0.25, -0.2) is 0 Å². The SMILES string of the molecule is CCc1ccc(CN(C)C(=O)c2cc(Br)ccc2O)cc1. The van der Waals surface area contributed by atoms with Gasteiger partial charge in [-0.1, -0.05) is 47.1 Å². The van der Waals surface area contributed by atoms with Gasteiger partial charge in [-0.2, -0.15) is 0 Å². The molecule has 0 aliphatic heterocycles. The molecule has 0 fully saturated rings. The fraction of sp³-hybridized carbons (Fsp3) is 0.235. The molecule has 1 amide bonds. The van der Waals surface area contributed by atoms with Crippen LogP contribution in [0.4, 0.5) is 0 Å². The summed E-state index contributed by atoms with van der Waals surface area (Å²) in [4.78, 5) is 14.0. The Labute approximate surface area is 133 Å². The Hall–Kier alpha value is -1.81. The van der Waals surface area contributed by atoms with E-state index in [0.717, 1.165) is 16.5 Å². The highest BCUT2D eigenvalue weighted by atomic mass is 79.9. The zero-order valence-corrected chi connectivity index (χ0v) is 13.7. The van der Waals surface area contributed by atoms with E-state index in [4.69, 9.17) is 0 Å². The molecule has 0 radical (unpaired) electrons. The van der Waals surface area contributed by atoms with Crippen LogP contribution >= 0.6 is 15.9 Å². The van der Waals surface area contributed by atoms with Crippen molar-refractivity contribution in [3.8, 4) is 5.75 Å². The number of phenols is 1. The first kappa shape index (κ1) is 15.6. The number of aryl methyl sites for hydroxylation is 1. The lowest BCUT2D eigenvalue weighted by Crippen LogP contribution is -2.26. The topological polar surface area (TPSA) is 40.5 Å². The van der Waals surface area contributed by atoms with Crippen molar-refractivity contribution in [1.29, 1.82) is 0 Å². The number of hydrogen-bond donors (Lipinski definition) is 1. The molecule has 0 atom stereocenters. The molecule has 21 heavy (non-hydrogen) atoms. The maximum atomic E-state index is 12.4. The Bertz CT molecular complexity index is 638. The molecule has 1 N–H and O–H groups in total. The van der Waals surface area contributed by atoms with Gasteiger partial charge in [0, 0.05) is 18.1 Å². The highest BCUT2D eigenvalue weighted by Crippen LogP contribution is 2.23. The van der Waals surface area contributed by atoms with Crippen LogP contribution in [0.25, 0.3) is 0 Å². The summed E-state index contributed by atoms with van der Waals surface area (Å²) < 4.78 is 0.768. The van der Waals surface area contributed by atoms with Gasteiger partial charge in [0.2, 0.25) is 0 Å². The van der Waals surface area contributed by atoms with Crippen LogP contribution in [-0.2, 0) is 13.0 Å². The summed E-state index contributed by atoms with van der Waals surface area (Å²) in [6.07, 6.45) is 1.00. The Morgan fingerprint density at radius 2 is 1.76 bits per heavy atom. The van der Waals surface area contributed by atoms with Crippen molar-refractivity contribution in [2.45, 2.75) is 19.9 Å². The molecule has 0 aromatic heterocycles. The van der Waals surface area contributed by atoms with Crippen LogP contribution in [0.3, 0.4) is 0 Å². The summed E-state index contributed by atoms with van der Waals surface area (Å²) in [6, 6.07) is 13.1. The van der Waals surface area contributed by atoms with Gasteiger partial charge in [0.15, 0.2) is 0 Å². The maximum Gasteiger partial charge on any atom is 0.257 e. The normalized spacial score (nSPS) is 10.4. The second kappa shape index (κ2) is 6.76. The molecule has 0 spiro atoms. The molecule has 0 unspecified atom stereocenters. The Kier molecular flexibility index (Phi) is 5.02. The van der Waals surface area contributed by atoms with Gasteiger partial charge >= 0.3 is 0 Å². The van der Waals surface area contributed by atoms with Crippen molar-refractivity contribution in [2.24, 2.45) is 0 Å². The van der Waals surface area contributed by atoms with E-state index in [9.17, 15) is 9.90 Å². The zero-order chi connectivity index (χ0) is 15.4. The first-order valence-corrected chi connectivity index (χ1v) is 7.62. The van der Waals surface area contributed by atoms with Gasteiger partial charge in [-0.3, -0.25) is 4.79 Å². The number of carbonyl (C=O) groups is 1.